The highest BCUT2D eigenvalue weighted by atomic mass is 16.4. The van der Waals surface area contributed by atoms with E-state index in [0.717, 1.165) is 6.42 Å². The molecule has 0 heterocycles. The van der Waals surface area contributed by atoms with Crippen molar-refractivity contribution in [2.75, 3.05) is 0 Å². The molecule has 0 saturated heterocycles. The number of carbonyl (C=O) groups is 2. The van der Waals surface area contributed by atoms with Crippen LogP contribution in [0.4, 0.5) is 0 Å². The fourth-order valence-electron chi connectivity index (χ4n) is 1.04. The predicted octanol–water partition coefficient (Wildman–Crippen LogP) is 1.35. The summed E-state index contributed by atoms with van der Waals surface area (Å²) in [4.78, 5) is 20.6. The Bertz CT molecular complexity index is 164. The van der Waals surface area contributed by atoms with Gasteiger partial charge in [0.2, 0.25) is 0 Å². The summed E-state index contributed by atoms with van der Waals surface area (Å²) in [5, 5.41) is 16.9. The summed E-state index contributed by atoms with van der Waals surface area (Å²) in [6.07, 6.45) is 1.51. The number of rotatable bonds is 6. The van der Waals surface area contributed by atoms with Crippen molar-refractivity contribution in [1.82, 2.24) is 0 Å². The second-order valence-corrected chi connectivity index (χ2v) is 2.76. The molecule has 2 N–H and O–H groups in total. The van der Waals surface area contributed by atoms with Crippen LogP contribution in [0.25, 0.3) is 0 Å². The molecule has 0 aliphatic heterocycles. The summed E-state index contributed by atoms with van der Waals surface area (Å²) >= 11 is 0. The minimum atomic E-state index is -0.933. The molecule has 4 nitrogen and oxygen atoms in total. The standard InChI is InChI=1S/C8H14O4/c1-2-3-6(8(11)12)4-5-7(9)10/h6H,2-5H2,1H3,(H,9,10)(H,11,12). The van der Waals surface area contributed by atoms with E-state index in [1.807, 2.05) is 6.92 Å². The summed E-state index contributed by atoms with van der Waals surface area (Å²) in [6, 6.07) is 0. The van der Waals surface area contributed by atoms with Gasteiger partial charge in [0.1, 0.15) is 0 Å². The van der Waals surface area contributed by atoms with Crippen LogP contribution >= 0.6 is 0 Å². The van der Waals surface area contributed by atoms with Gasteiger partial charge in [0.05, 0.1) is 5.92 Å². The lowest BCUT2D eigenvalue weighted by molar-refractivity contribution is -0.143. The molecule has 70 valence electrons. The highest BCUT2D eigenvalue weighted by Gasteiger charge is 2.16. The average molecular weight is 174 g/mol. The Labute approximate surface area is 71.2 Å². The first kappa shape index (κ1) is 10.9. The van der Waals surface area contributed by atoms with Gasteiger partial charge in [0.15, 0.2) is 0 Å². The van der Waals surface area contributed by atoms with Crippen LogP contribution in [0.2, 0.25) is 0 Å². The highest BCUT2D eigenvalue weighted by molar-refractivity contribution is 5.72. The molecule has 12 heavy (non-hydrogen) atoms. The van der Waals surface area contributed by atoms with Crippen molar-refractivity contribution in [3.8, 4) is 0 Å². The number of hydrogen-bond donors (Lipinski definition) is 2. The fraction of sp³-hybridized carbons (Fsp3) is 0.750. The number of carboxylic acids is 2. The molecule has 0 bridgehead atoms. The molecule has 0 aliphatic rings. The van der Waals surface area contributed by atoms with Crippen molar-refractivity contribution in [3.63, 3.8) is 0 Å². The van der Waals surface area contributed by atoms with E-state index in [4.69, 9.17) is 10.2 Å². The zero-order valence-electron chi connectivity index (χ0n) is 7.12. The maximum atomic E-state index is 10.5. The molecule has 4 heteroatoms. The van der Waals surface area contributed by atoms with Gasteiger partial charge in [-0.3, -0.25) is 9.59 Å². The lowest BCUT2D eigenvalue weighted by Crippen LogP contribution is -2.14. The van der Waals surface area contributed by atoms with Crippen molar-refractivity contribution in [3.05, 3.63) is 0 Å². The van der Waals surface area contributed by atoms with Crippen molar-refractivity contribution < 1.29 is 19.8 Å². The summed E-state index contributed by atoms with van der Waals surface area (Å²) in [6.45, 7) is 1.89. The van der Waals surface area contributed by atoms with E-state index in [-0.39, 0.29) is 12.8 Å². The minimum Gasteiger partial charge on any atom is -0.481 e. The molecule has 1 atom stereocenters. The number of hydrogen-bond acceptors (Lipinski definition) is 2. The second kappa shape index (κ2) is 5.57. The summed E-state index contributed by atoms with van der Waals surface area (Å²) in [7, 11) is 0. The maximum Gasteiger partial charge on any atom is 0.306 e. The Hall–Kier alpha value is -1.06. The first-order chi connectivity index (χ1) is 5.57. The van der Waals surface area contributed by atoms with E-state index in [1.54, 1.807) is 0 Å². The van der Waals surface area contributed by atoms with Crippen LogP contribution in [0.3, 0.4) is 0 Å². The molecule has 0 aliphatic carbocycles. The third kappa shape index (κ3) is 4.71. The molecule has 0 fully saturated rings. The smallest absolute Gasteiger partial charge is 0.306 e. The normalized spacial score (nSPS) is 12.4. The molecular formula is C8H14O4. The Morgan fingerprint density at radius 1 is 1.25 bits per heavy atom. The van der Waals surface area contributed by atoms with Crippen LogP contribution in [0.15, 0.2) is 0 Å². The van der Waals surface area contributed by atoms with Gasteiger partial charge >= 0.3 is 11.9 Å². The summed E-state index contributed by atoms with van der Waals surface area (Å²) in [5.74, 6) is -2.32. The molecule has 0 saturated carbocycles. The lowest BCUT2D eigenvalue weighted by Gasteiger charge is -2.08. The average Bonchev–Trinajstić information content (AvgIpc) is 1.96. The Morgan fingerprint density at radius 2 is 1.83 bits per heavy atom. The van der Waals surface area contributed by atoms with E-state index >= 15 is 0 Å². The predicted molar refractivity (Wildman–Crippen MR) is 42.9 cm³/mol. The topological polar surface area (TPSA) is 74.6 Å². The van der Waals surface area contributed by atoms with E-state index < -0.39 is 17.9 Å². The van der Waals surface area contributed by atoms with Gasteiger partial charge in [-0.15, -0.1) is 0 Å². The van der Waals surface area contributed by atoms with Crippen LogP contribution in [0.1, 0.15) is 32.6 Å². The first-order valence-corrected chi connectivity index (χ1v) is 4.02. The molecule has 0 aromatic carbocycles. The largest absolute Gasteiger partial charge is 0.481 e. The highest BCUT2D eigenvalue weighted by Crippen LogP contribution is 2.13. The third-order valence-corrected chi connectivity index (χ3v) is 1.69. The second-order valence-electron chi connectivity index (χ2n) is 2.76. The van der Waals surface area contributed by atoms with Gasteiger partial charge in [-0.05, 0) is 12.8 Å². The van der Waals surface area contributed by atoms with Crippen LogP contribution in [0, 0.1) is 5.92 Å². The quantitative estimate of drug-likeness (QED) is 0.637. The Balaban J connectivity index is 3.79. The van der Waals surface area contributed by atoms with E-state index in [1.165, 1.54) is 0 Å². The summed E-state index contributed by atoms with van der Waals surface area (Å²) in [5.41, 5.74) is 0. The van der Waals surface area contributed by atoms with Gasteiger partial charge < -0.3 is 10.2 Å². The van der Waals surface area contributed by atoms with E-state index in [2.05, 4.69) is 0 Å². The van der Waals surface area contributed by atoms with Crippen LogP contribution < -0.4 is 0 Å². The van der Waals surface area contributed by atoms with Crippen LogP contribution in [-0.4, -0.2) is 22.2 Å². The Morgan fingerprint density at radius 3 is 2.17 bits per heavy atom. The SMILES string of the molecule is CCCC(CCC(=O)O)C(=O)O. The molecule has 1 unspecified atom stereocenters. The molecule has 0 rings (SSSR count). The van der Waals surface area contributed by atoms with Gasteiger partial charge in [-0.1, -0.05) is 13.3 Å². The van der Waals surface area contributed by atoms with Crippen molar-refractivity contribution in [1.29, 1.82) is 0 Å². The zero-order valence-corrected chi connectivity index (χ0v) is 7.12. The number of carboxylic acid groups (broad SMARTS) is 2. The van der Waals surface area contributed by atoms with E-state index in [9.17, 15) is 9.59 Å². The molecular weight excluding hydrogens is 160 g/mol. The van der Waals surface area contributed by atoms with Crippen LogP contribution in [-0.2, 0) is 9.59 Å². The van der Waals surface area contributed by atoms with Crippen LogP contribution in [0.5, 0.6) is 0 Å². The van der Waals surface area contributed by atoms with Gasteiger partial charge in [-0.2, -0.15) is 0 Å². The van der Waals surface area contributed by atoms with Gasteiger partial charge in [-0.25, -0.2) is 0 Å². The molecule has 0 amide bonds. The van der Waals surface area contributed by atoms with Crippen molar-refractivity contribution in [2.24, 2.45) is 5.92 Å². The molecule has 0 aromatic heterocycles. The minimum absolute atomic E-state index is 0.0586. The zero-order chi connectivity index (χ0) is 9.56. The Kier molecular flexibility index (Phi) is 5.08. The third-order valence-electron chi connectivity index (χ3n) is 1.69. The molecule has 0 radical (unpaired) electrons. The van der Waals surface area contributed by atoms with Crippen molar-refractivity contribution in [2.45, 2.75) is 32.6 Å². The van der Waals surface area contributed by atoms with Crippen molar-refractivity contribution >= 4 is 11.9 Å². The van der Waals surface area contributed by atoms with Gasteiger partial charge in [0, 0.05) is 6.42 Å². The monoisotopic (exact) mass is 174 g/mol. The van der Waals surface area contributed by atoms with Gasteiger partial charge in [0.25, 0.3) is 0 Å². The lowest BCUT2D eigenvalue weighted by atomic mass is 9.98. The number of aliphatic carboxylic acids is 2. The molecule has 0 spiro atoms. The maximum absolute atomic E-state index is 10.5. The first-order valence-electron chi connectivity index (χ1n) is 4.02. The fourth-order valence-corrected chi connectivity index (χ4v) is 1.04. The molecule has 0 aromatic rings. The van der Waals surface area contributed by atoms with E-state index in [0.29, 0.717) is 6.42 Å². The summed E-state index contributed by atoms with van der Waals surface area (Å²) < 4.78 is 0.